The molecular formula is C14H17Cl2N3. The number of hydrogen-bond acceptors (Lipinski definition) is 2. The summed E-state index contributed by atoms with van der Waals surface area (Å²) < 4.78 is 1.94. The molecule has 1 aromatic heterocycles. The maximum Gasteiger partial charge on any atom is 0.0837 e. The van der Waals surface area contributed by atoms with Gasteiger partial charge in [-0.1, -0.05) is 35.3 Å². The number of nitrogens with zero attached hydrogens (tertiary/aromatic N) is 2. The maximum absolute atomic E-state index is 6.29. The molecule has 1 aromatic carbocycles. The third-order valence-corrected chi connectivity index (χ3v) is 3.58. The Kier molecular flexibility index (Phi) is 4.50. The molecule has 2 aromatic rings. The Hall–Kier alpha value is -1.03. The first-order chi connectivity index (χ1) is 9.04. The fraction of sp³-hybridized carbons (Fsp3) is 0.357. The van der Waals surface area contributed by atoms with Crippen molar-refractivity contribution in [3.8, 4) is 0 Å². The van der Waals surface area contributed by atoms with E-state index in [4.69, 9.17) is 23.2 Å². The predicted octanol–water partition coefficient (Wildman–Crippen LogP) is 4.08. The van der Waals surface area contributed by atoms with Crippen molar-refractivity contribution in [2.45, 2.75) is 25.9 Å². The summed E-state index contributed by atoms with van der Waals surface area (Å²) in [6, 6.07) is 8.01. The van der Waals surface area contributed by atoms with Crippen molar-refractivity contribution in [1.29, 1.82) is 0 Å². The summed E-state index contributed by atoms with van der Waals surface area (Å²) in [6.45, 7) is 4.17. The van der Waals surface area contributed by atoms with Gasteiger partial charge in [0.25, 0.3) is 0 Å². The normalized spacial score (nSPS) is 12.9. The van der Waals surface area contributed by atoms with Gasteiger partial charge < -0.3 is 5.32 Å². The second-order valence-electron chi connectivity index (χ2n) is 4.69. The zero-order chi connectivity index (χ0) is 14.0. The molecule has 19 heavy (non-hydrogen) atoms. The van der Waals surface area contributed by atoms with Crippen LogP contribution in [0.5, 0.6) is 0 Å². The van der Waals surface area contributed by atoms with Crippen LogP contribution < -0.4 is 5.32 Å². The molecular weight excluding hydrogens is 281 g/mol. The van der Waals surface area contributed by atoms with Gasteiger partial charge in [0.05, 0.1) is 23.0 Å². The minimum atomic E-state index is -0.00494. The summed E-state index contributed by atoms with van der Waals surface area (Å²) in [5, 5.41) is 9.03. The topological polar surface area (TPSA) is 29.9 Å². The molecule has 1 unspecified atom stereocenters. The van der Waals surface area contributed by atoms with E-state index in [-0.39, 0.29) is 12.1 Å². The Bertz CT molecular complexity index is 546. The highest BCUT2D eigenvalue weighted by atomic mass is 35.5. The van der Waals surface area contributed by atoms with Crippen LogP contribution in [0.15, 0.2) is 30.5 Å². The van der Waals surface area contributed by atoms with Gasteiger partial charge in [0, 0.05) is 11.1 Å². The van der Waals surface area contributed by atoms with E-state index in [9.17, 15) is 0 Å². The molecule has 0 radical (unpaired) electrons. The van der Waals surface area contributed by atoms with Crippen molar-refractivity contribution >= 4 is 23.2 Å². The van der Waals surface area contributed by atoms with Crippen LogP contribution in [0.3, 0.4) is 0 Å². The van der Waals surface area contributed by atoms with E-state index in [0.717, 1.165) is 16.3 Å². The van der Waals surface area contributed by atoms with Gasteiger partial charge in [0.15, 0.2) is 0 Å². The predicted molar refractivity (Wildman–Crippen MR) is 80.0 cm³/mol. The Balaban J connectivity index is 2.47. The number of nitrogens with one attached hydrogen (secondary N) is 1. The molecule has 2 rings (SSSR count). The smallest absolute Gasteiger partial charge is 0.0837 e. The zero-order valence-electron chi connectivity index (χ0n) is 11.2. The lowest BCUT2D eigenvalue weighted by Crippen LogP contribution is -2.22. The van der Waals surface area contributed by atoms with Gasteiger partial charge in [-0.15, -0.1) is 0 Å². The van der Waals surface area contributed by atoms with Crippen LogP contribution in [0.4, 0.5) is 0 Å². The monoisotopic (exact) mass is 297 g/mol. The summed E-state index contributed by atoms with van der Waals surface area (Å²) in [6.07, 6.45) is 1.69. The summed E-state index contributed by atoms with van der Waals surface area (Å²) in [5.41, 5.74) is 2.08. The lowest BCUT2D eigenvalue weighted by atomic mass is 10.0. The molecule has 0 aliphatic carbocycles. The standard InChI is InChI=1S/C14H17Cl2N3/c1-9(2)19-14(12(16)8-18-19)13(17-3)10-4-6-11(15)7-5-10/h4-9,13,17H,1-3H3. The Morgan fingerprint density at radius 1 is 1.16 bits per heavy atom. The molecule has 1 heterocycles. The third kappa shape index (κ3) is 2.94. The SMILES string of the molecule is CNC(c1ccc(Cl)cc1)c1c(Cl)cnn1C(C)C. The van der Waals surface area contributed by atoms with Crippen molar-refractivity contribution in [3.05, 3.63) is 51.8 Å². The Morgan fingerprint density at radius 3 is 2.32 bits per heavy atom. The van der Waals surface area contributed by atoms with Gasteiger partial charge in [0.1, 0.15) is 0 Å². The molecule has 0 aliphatic rings. The minimum Gasteiger partial charge on any atom is -0.308 e. The van der Waals surface area contributed by atoms with Gasteiger partial charge in [0.2, 0.25) is 0 Å². The second-order valence-corrected chi connectivity index (χ2v) is 5.53. The molecule has 0 bridgehead atoms. The summed E-state index contributed by atoms with van der Waals surface area (Å²) in [5.74, 6) is 0. The van der Waals surface area contributed by atoms with Crippen LogP contribution in [0.2, 0.25) is 10.0 Å². The number of benzene rings is 1. The molecule has 0 fully saturated rings. The van der Waals surface area contributed by atoms with E-state index in [1.54, 1.807) is 6.20 Å². The molecule has 0 amide bonds. The quantitative estimate of drug-likeness (QED) is 0.921. The van der Waals surface area contributed by atoms with Crippen molar-refractivity contribution < 1.29 is 0 Å². The molecule has 3 nitrogen and oxygen atoms in total. The first kappa shape index (κ1) is 14.4. The fourth-order valence-electron chi connectivity index (χ4n) is 2.15. The van der Waals surface area contributed by atoms with Crippen molar-refractivity contribution in [2.75, 3.05) is 7.05 Å². The van der Waals surface area contributed by atoms with E-state index < -0.39 is 0 Å². The van der Waals surface area contributed by atoms with Gasteiger partial charge in [-0.25, -0.2) is 0 Å². The molecule has 0 spiro atoms. The van der Waals surface area contributed by atoms with E-state index in [1.165, 1.54) is 0 Å². The number of hydrogen-bond donors (Lipinski definition) is 1. The number of rotatable bonds is 4. The molecule has 0 saturated carbocycles. The van der Waals surface area contributed by atoms with Crippen LogP contribution in [0, 0.1) is 0 Å². The number of aromatic nitrogens is 2. The first-order valence-electron chi connectivity index (χ1n) is 6.20. The molecule has 5 heteroatoms. The maximum atomic E-state index is 6.29. The fourth-order valence-corrected chi connectivity index (χ4v) is 2.51. The molecule has 1 atom stereocenters. The van der Waals surface area contributed by atoms with E-state index >= 15 is 0 Å². The van der Waals surface area contributed by atoms with Crippen LogP contribution >= 0.6 is 23.2 Å². The van der Waals surface area contributed by atoms with E-state index in [1.807, 2.05) is 36.0 Å². The first-order valence-corrected chi connectivity index (χ1v) is 6.95. The highest BCUT2D eigenvalue weighted by Crippen LogP contribution is 2.30. The lowest BCUT2D eigenvalue weighted by molar-refractivity contribution is 0.484. The van der Waals surface area contributed by atoms with Gasteiger partial charge in [-0.3, -0.25) is 4.68 Å². The minimum absolute atomic E-state index is 0.00494. The average Bonchev–Trinajstić information content (AvgIpc) is 2.75. The van der Waals surface area contributed by atoms with Crippen molar-refractivity contribution in [2.24, 2.45) is 0 Å². The van der Waals surface area contributed by atoms with E-state index in [2.05, 4.69) is 24.3 Å². The second kappa shape index (κ2) is 5.95. The Morgan fingerprint density at radius 2 is 1.79 bits per heavy atom. The van der Waals surface area contributed by atoms with E-state index in [0.29, 0.717) is 5.02 Å². The highest BCUT2D eigenvalue weighted by Gasteiger charge is 2.21. The third-order valence-electron chi connectivity index (χ3n) is 3.04. The summed E-state index contributed by atoms with van der Waals surface area (Å²) >= 11 is 12.2. The largest absolute Gasteiger partial charge is 0.308 e. The lowest BCUT2D eigenvalue weighted by Gasteiger charge is -2.21. The van der Waals surface area contributed by atoms with Crippen molar-refractivity contribution in [3.63, 3.8) is 0 Å². The highest BCUT2D eigenvalue weighted by molar-refractivity contribution is 6.31. The average molecular weight is 298 g/mol. The molecule has 102 valence electrons. The Labute approximate surface area is 123 Å². The van der Waals surface area contributed by atoms with Gasteiger partial charge in [-0.05, 0) is 38.6 Å². The van der Waals surface area contributed by atoms with Crippen LogP contribution in [-0.2, 0) is 0 Å². The van der Waals surface area contributed by atoms with Crippen LogP contribution in [0.1, 0.15) is 37.2 Å². The molecule has 0 aliphatic heterocycles. The van der Waals surface area contributed by atoms with Crippen LogP contribution in [0.25, 0.3) is 0 Å². The summed E-state index contributed by atoms with van der Waals surface area (Å²) in [7, 11) is 1.91. The van der Waals surface area contributed by atoms with Crippen LogP contribution in [-0.4, -0.2) is 16.8 Å². The molecule has 0 saturated heterocycles. The molecule has 1 N–H and O–H groups in total. The zero-order valence-corrected chi connectivity index (χ0v) is 12.7. The number of halogens is 2. The summed E-state index contributed by atoms with van der Waals surface area (Å²) in [4.78, 5) is 0. The van der Waals surface area contributed by atoms with Gasteiger partial charge >= 0.3 is 0 Å². The van der Waals surface area contributed by atoms with Crippen molar-refractivity contribution in [1.82, 2.24) is 15.1 Å². The van der Waals surface area contributed by atoms with Gasteiger partial charge in [-0.2, -0.15) is 5.10 Å².